The number of aliphatic hydroxyl groups is 1. The minimum atomic E-state index is -0.0974. The molecule has 2 N–H and O–H groups in total. The summed E-state index contributed by atoms with van der Waals surface area (Å²) in [7, 11) is 0. The number of hydrogen-bond donors (Lipinski definition) is 2. The number of aliphatic hydroxyl groups excluding tert-OH is 1. The van der Waals surface area contributed by atoms with E-state index in [1.54, 1.807) is 0 Å². The molecule has 96 valence electrons. The van der Waals surface area contributed by atoms with Gasteiger partial charge < -0.3 is 10.1 Å². The largest absolute Gasteiger partial charge is 0.393 e. The number of rotatable bonds is 2. The Morgan fingerprint density at radius 2 is 2.11 bits per heavy atom. The average molecular weight is 243 g/mol. The molecule has 0 aliphatic heterocycles. The molecule has 0 saturated heterocycles. The molecule has 18 heavy (non-hydrogen) atoms. The Hall–Kier alpha value is -1.28. The van der Waals surface area contributed by atoms with E-state index in [1.807, 2.05) is 0 Å². The molecule has 0 amide bonds. The van der Waals surface area contributed by atoms with Crippen molar-refractivity contribution in [3.8, 4) is 0 Å². The first kappa shape index (κ1) is 11.8. The number of aromatic amines is 1. The molecule has 2 atom stereocenters. The fourth-order valence-electron chi connectivity index (χ4n) is 3.28. The second kappa shape index (κ2) is 4.43. The van der Waals surface area contributed by atoms with E-state index in [4.69, 9.17) is 0 Å². The minimum Gasteiger partial charge on any atom is -0.393 e. The maximum atomic E-state index is 9.98. The number of hydrogen-bond acceptors (Lipinski definition) is 1. The molecule has 0 radical (unpaired) electrons. The summed E-state index contributed by atoms with van der Waals surface area (Å²) in [6, 6.07) is 6.59. The van der Waals surface area contributed by atoms with Gasteiger partial charge in [-0.15, -0.1) is 0 Å². The molecule has 1 aliphatic rings. The van der Waals surface area contributed by atoms with Crippen LogP contribution in [-0.2, 0) is 6.42 Å². The smallest absolute Gasteiger partial charge is 0.0571 e. The van der Waals surface area contributed by atoms with Gasteiger partial charge in [0.15, 0.2) is 0 Å². The van der Waals surface area contributed by atoms with Gasteiger partial charge in [0.2, 0.25) is 0 Å². The number of H-pyrrole nitrogens is 1. The molecule has 2 nitrogen and oxygen atoms in total. The van der Waals surface area contributed by atoms with E-state index in [0.29, 0.717) is 5.92 Å². The predicted octanol–water partition coefficient (Wildman–Crippen LogP) is 3.49. The second-order valence-corrected chi connectivity index (χ2v) is 5.74. The third kappa shape index (κ3) is 1.95. The summed E-state index contributed by atoms with van der Waals surface area (Å²) in [6.07, 6.45) is 4.23. The van der Waals surface area contributed by atoms with E-state index in [9.17, 15) is 5.11 Å². The van der Waals surface area contributed by atoms with Gasteiger partial charge >= 0.3 is 0 Å². The molecule has 0 spiro atoms. The Kier molecular flexibility index (Phi) is 2.90. The van der Waals surface area contributed by atoms with E-state index in [-0.39, 0.29) is 6.10 Å². The summed E-state index contributed by atoms with van der Waals surface area (Å²) >= 11 is 0. The van der Waals surface area contributed by atoms with Crippen molar-refractivity contribution >= 4 is 10.9 Å². The van der Waals surface area contributed by atoms with Crippen molar-refractivity contribution < 1.29 is 5.11 Å². The number of nitrogens with one attached hydrogen (secondary N) is 1. The van der Waals surface area contributed by atoms with Gasteiger partial charge in [-0.2, -0.15) is 0 Å². The normalized spacial score (nSPS) is 23.9. The van der Waals surface area contributed by atoms with E-state index in [1.165, 1.54) is 40.6 Å². The highest BCUT2D eigenvalue weighted by Gasteiger charge is 2.26. The van der Waals surface area contributed by atoms with Gasteiger partial charge in [-0.25, -0.2) is 0 Å². The van der Waals surface area contributed by atoms with E-state index in [0.717, 1.165) is 12.8 Å². The summed E-state index contributed by atoms with van der Waals surface area (Å²) in [5.74, 6) is 0.448. The monoisotopic (exact) mass is 243 g/mol. The number of aromatic nitrogens is 1. The Bertz CT molecular complexity index is 570. The van der Waals surface area contributed by atoms with E-state index >= 15 is 0 Å². The molecule has 2 unspecified atom stereocenters. The van der Waals surface area contributed by atoms with E-state index in [2.05, 4.69) is 37.0 Å². The minimum absolute atomic E-state index is 0.0974. The molecule has 0 bridgehead atoms. The van der Waals surface area contributed by atoms with Crippen molar-refractivity contribution in [2.45, 2.75) is 45.6 Å². The maximum Gasteiger partial charge on any atom is 0.0571 e. The lowest BCUT2D eigenvalue weighted by molar-refractivity contribution is 0.133. The molecule has 1 saturated carbocycles. The number of benzene rings is 1. The average Bonchev–Trinajstić information content (AvgIpc) is 2.85. The zero-order chi connectivity index (χ0) is 12.7. The Balaban J connectivity index is 1.98. The molecule has 3 rings (SSSR count). The van der Waals surface area contributed by atoms with Gasteiger partial charge in [0.05, 0.1) is 6.10 Å². The third-order valence-electron chi connectivity index (χ3n) is 4.36. The first-order chi connectivity index (χ1) is 8.65. The lowest BCUT2D eigenvalue weighted by atomic mass is 9.94. The van der Waals surface area contributed by atoms with Gasteiger partial charge in [-0.1, -0.05) is 18.6 Å². The Morgan fingerprint density at radius 3 is 2.83 bits per heavy atom. The van der Waals surface area contributed by atoms with Crippen molar-refractivity contribution in [2.75, 3.05) is 0 Å². The molecule has 2 aromatic rings. The van der Waals surface area contributed by atoms with Gasteiger partial charge in [-0.3, -0.25) is 0 Å². The van der Waals surface area contributed by atoms with Crippen LogP contribution < -0.4 is 0 Å². The quantitative estimate of drug-likeness (QED) is 0.832. The zero-order valence-corrected chi connectivity index (χ0v) is 11.2. The highest BCUT2D eigenvalue weighted by Crippen LogP contribution is 2.32. The van der Waals surface area contributed by atoms with E-state index < -0.39 is 0 Å². The molecule has 1 aromatic carbocycles. The van der Waals surface area contributed by atoms with Crippen molar-refractivity contribution in [3.05, 3.63) is 35.0 Å². The highest BCUT2D eigenvalue weighted by molar-refractivity contribution is 5.85. The third-order valence-corrected chi connectivity index (χ3v) is 4.36. The van der Waals surface area contributed by atoms with Crippen LogP contribution in [0.1, 0.15) is 36.1 Å². The SMILES string of the molecule is Cc1ccc2c(CC3CCCC3O)c(C)[nH]c2c1. The predicted molar refractivity (Wildman–Crippen MR) is 74.8 cm³/mol. The Morgan fingerprint density at radius 1 is 1.28 bits per heavy atom. The summed E-state index contributed by atoms with van der Waals surface area (Å²) in [4.78, 5) is 3.48. The van der Waals surface area contributed by atoms with Crippen LogP contribution in [0.4, 0.5) is 0 Å². The first-order valence-corrected chi connectivity index (χ1v) is 6.91. The molecule has 2 heteroatoms. The van der Waals surface area contributed by atoms with Crippen LogP contribution in [0.3, 0.4) is 0 Å². The summed E-state index contributed by atoms with van der Waals surface area (Å²) in [6.45, 7) is 4.27. The summed E-state index contributed by atoms with van der Waals surface area (Å²) in [5, 5.41) is 11.3. The fourth-order valence-corrected chi connectivity index (χ4v) is 3.28. The molecular formula is C16H21NO. The van der Waals surface area contributed by atoms with Crippen molar-refractivity contribution in [1.29, 1.82) is 0 Å². The molecular weight excluding hydrogens is 222 g/mol. The Labute approximate surface area is 108 Å². The van der Waals surface area contributed by atoms with Crippen LogP contribution in [0.15, 0.2) is 18.2 Å². The first-order valence-electron chi connectivity index (χ1n) is 6.91. The molecule has 1 aliphatic carbocycles. The zero-order valence-electron chi connectivity index (χ0n) is 11.2. The standard InChI is InChI=1S/C16H21NO/c1-10-6-7-13-14(11(2)17-15(13)8-10)9-12-4-3-5-16(12)18/h6-8,12,16-18H,3-5,9H2,1-2H3. The number of fused-ring (bicyclic) bond motifs is 1. The van der Waals surface area contributed by atoms with Crippen molar-refractivity contribution in [2.24, 2.45) is 5.92 Å². The summed E-state index contributed by atoms with van der Waals surface area (Å²) < 4.78 is 0. The van der Waals surface area contributed by atoms with Crippen LogP contribution in [0.2, 0.25) is 0 Å². The summed E-state index contributed by atoms with van der Waals surface area (Å²) in [5.41, 5.74) is 5.18. The van der Waals surface area contributed by atoms with Gasteiger partial charge in [-0.05, 0) is 56.2 Å². The van der Waals surface area contributed by atoms with Crippen molar-refractivity contribution in [1.82, 2.24) is 4.98 Å². The lowest BCUT2D eigenvalue weighted by Gasteiger charge is -2.14. The number of aryl methyl sites for hydroxylation is 2. The maximum absolute atomic E-state index is 9.98. The van der Waals surface area contributed by atoms with Gasteiger partial charge in [0.1, 0.15) is 0 Å². The van der Waals surface area contributed by atoms with Crippen LogP contribution in [-0.4, -0.2) is 16.2 Å². The van der Waals surface area contributed by atoms with Crippen molar-refractivity contribution in [3.63, 3.8) is 0 Å². The van der Waals surface area contributed by atoms with Gasteiger partial charge in [0, 0.05) is 16.6 Å². The van der Waals surface area contributed by atoms with Crippen LogP contribution in [0, 0.1) is 19.8 Å². The second-order valence-electron chi connectivity index (χ2n) is 5.74. The topological polar surface area (TPSA) is 36.0 Å². The lowest BCUT2D eigenvalue weighted by Crippen LogP contribution is -2.15. The van der Waals surface area contributed by atoms with Crippen LogP contribution in [0.5, 0.6) is 0 Å². The highest BCUT2D eigenvalue weighted by atomic mass is 16.3. The van der Waals surface area contributed by atoms with Crippen LogP contribution >= 0.6 is 0 Å². The molecule has 1 heterocycles. The van der Waals surface area contributed by atoms with Gasteiger partial charge in [0.25, 0.3) is 0 Å². The molecule has 1 fully saturated rings. The van der Waals surface area contributed by atoms with Crippen LogP contribution in [0.25, 0.3) is 10.9 Å². The molecule has 1 aromatic heterocycles. The fraction of sp³-hybridized carbons (Fsp3) is 0.500.